The van der Waals surface area contributed by atoms with Crippen molar-refractivity contribution in [1.82, 2.24) is 10.2 Å². The number of anilines is 1. The molecule has 0 spiro atoms. The Kier molecular flexibility index (Phi) is 5.66. The number of nitrogens with one attached hydrogen (secondary N) is 1. The van der Waals surface area contributed by atoms with Crippen LogP contribution in [0.15, 0.2) is 24.3 Å². The molecule has 22 heavy (non-hydrogen) atoms. The fourth-order valence-electron chi connectivity index (χ4n) is 2.73. The zero-order chi connectivity index (χ0) is 16.1. The van der Waals surface area contributed by atoms with E-state index in [0.717, 1.165) is 6.42 Å². The molecule has 1 N–H and O–H groups in total. The number of rotatable bonds is 4. The van der Waals surface area contributed by atoms with E-state index in [2.05, 4.69) is 34.5 Å². The standard InChI is InChI=1S/C17H27N3O2/c1-13-11-20(12-14(2)22-13)17(21)18-10-9-15-5-7-16(8-6-15)19(3)4/h5-8,13-14H,9-12H2,1-4H3,(H,18,21). The number of hydrogen-bond donors (Lipinski definition) is 1. The number of morpholine rings is 1. The second-order valence-corrected chi connectivity index (χ2v) is 6.21. The summed E-state index contributed by atoms with van der Waals surface area (Å²) in [5, 5.41) is 3.00. The van der Waals surface area contributed by atoms with Crippen LogP contribution >= 0.6 is 0 Å². The number of ether oxygens (including phenoxy) is 1. The highest BCUT2D eigenvalue weighted by molar-refractivity contribution is 5.74. The summed E-state index contributed by atoms with van der Waals surface area (Å²) >= 11 is 0. The molecule has 0 bridgehead atoms. The highest BCUT2D eigenvalue weighted by atomic mass is 16.5. The van der Waals surface area contributed by atoms with Crippen LogP contribution in [0, 0.1) is 0 Å². The van der Waals surface area contributed by atoms with Crippen LogP contribution in [0.4, 0.5) is 10.5 Å². The molecule has 0 radical (unpaired) electrons. The van der Waals surface area contributed by atoms with Gasteiger partial charge in [-0.1, -0.05) is 12.1 Å². The van der Waals surface area contributed by atoms with Crippen LogP contribution in [-0.4, -0.2) is 56.9 Å². The van der Waals surface area contributed by atoms with E-state index >= 15 is 0 Å². The van der Waals surface area contributed by atoms with Gasteiger partial charge in [0, 0.05) is 39.4 Å². The van der Waals surface area contributed by atoms with Gasteiger partial charge in [0.1, 0.15) is 0 Å². The topological polar surface area (TPSA) is 44.8 Å². The summed E-state index contributed by atoms with van der Waals surface area (Å²) in [6.07, 6.45) is 1.05. The number of benzene rings is 1. The molecule has 2 amide bonds. The third-order valence-corrected chi connectivity index (χ3v) is 3.85. The molecular formula is C17H27N3O2. The number of carbonyl (C=O) groups excluding carboxylic acids is 1. The van der Waals surface area contributed by atoms with Crippen molar-refractivity contribution >= 4 is 11.7 Å². The van der Waals surface area contributed by atoms with Crippen LogP contribution in [0.2, 0.25) is 0 Å². The van der Waals surface area contributed by atoms with E-state index in [9.17, 15) is 4.79 Å². The summed E-state index contributed by atoms with van der Waals surface area (Å²) in [6.45, 7) is 5.98. The Hall–Kier alpha value is -1.75. The van der Waals surface area contributed by atoms with E-state index in [1.54, 1.807) is 0 Å². The third-order valence-electron chi connectivity index (χ3n) is 3.85. The Bertz CT molecular complexity index is 477. The van der Waals surface area contributed by atoms with Crippen molar-refractivity contribution in [3.63, 3.8) is 0 Å². The Balaban J connectivity index is 1.77. The van der Waals surface area contributed by atoms with E-state index in [1.807, 2.05) is 32.8 Å². The molecule has 2 rings (SSSR count). The Morgan fingerprint density at radius 1 is 1.23 bits per heavy atom. The fraction of sp³-hybridized carbons (Fsp3) is 0.588. The average molecular weight is 305 g/mol. The van der Waals surface area contributed by atoms with Crippen molar-refractivity contribution in [2.75, 3.05) is 38.6 Å². The van der Waals surface area contributed by atoms with Gasteiger partial charge in [-0.3, -0.25) is 0 Å². The molecule has 1 heterocycles. The van der Waals surface area contributed by atoms with Crippen molar-refractivity contribution in [2.45, 2.75) is 32.5 Å². The molecule has 1 saturated heterocycles. The van der Waals surface area contributed by atoms with Gasteiger partial charge in [-0.15, -0.1) is 0 Å². The number of urea groups is 1. The van der Waals surface area contributed by atoms with Gasteiger partial charge in [0.15, 0.2) is 0 Å². The molecule has 1 aromatic rings. The van der Waals surface area contributed by atoms with Crippen molar-refractivity contribution in [2.24, 2.45) is 0 Å². The van der Waals surface area contributed by atoms with E-state index in [-0.39, 0.29) is 18.2 Å². The number of carbonyl (C=O) groups is 1. The maximum absolute atomic E-state index is 12.2. The van der Waals surface area contributed by atoms with Crippen molar-refractivity contribution < 1.29 is 9.53 Å². The molecule has 0 aromatic heterocycles. The predicted molar refractivity (Wildman–Crippen MR) is 89.5 cm³/mol. The van der Waals surface area contributed by atoms with Crippen LogP contribution in [-0.2, 0) is 11.2 Å². The molecule has 2 unspecified atom stereocenters. The third kappa shape index (κ3) is 4.63. The lowest BCUT2D eigenvalue weighted by molar-refractivity contribution is -0.0544. The highest BCUT2D eigenvalue weighted by Gasteiger charge is 2.25. The molecule has 2 atom stereocenters. The summed E-state index contributed by atoms with van der Waals surface area (Å²) in [6, 6.07) is 8.43. The first kappa shape index (κ1) is 16.6. The first-order valence-corrected chi connectivity index (χ1v) is 7.90. The molecule has 1 aromatic carbocycles. The fourth-order valence-corrected chi connectivity index (χ4v) is 2.73. The van der Waals surface area contributed by atoms with Crippen molar-refractivity contribution in [1.29, 1.82) is 0 Å². The summed E-state index contributed by atoms with van der Waals surface area (Å²) < 4.78 is 5.65. The maximum Gasteiger partial charge on any atom is 0.317 e. The second-order valence-electron chi connectivity index (χ2n) is 6.21. The Morgan fingerprint density at radius 3 is 2.36 bits per heavy atom. The summed E-state index contributed by atoms with van der Waals surface area (Å²) in [5.74, 6) is 0. The molecule has 1 aliphatic rings. The van der Waals surface area contributed by atoms with Gasteiger partial charge in [-0.05, 0) is 38.0 Å². The van der Waals surface area contributed by atoms with E-state index < -0.39 is 0 Å². The van der Waals surface area contributed by atoms with Crippen LogP contribution in [0.3, 0.4) is 0 Å². The van der Waals surface area contributed by atoms with Gasteiger partial charge in [-0.25, -0.2) is 4.79 Å². The van der Waals surface area contributed by atoms with Crippen LogP contribution in [0.1, 0.15) is 19.4 Å². The van der Waals surface area contributed by atoms with Gasteiger partial charge >= 0.3 is 6.03 Å². The Morgan fingerprint density at radius 2 is 1.82 bits per heavy atom. The first-order valence-electron chi connectivity index (χ1n) is 7.90. The van der Waals surface area contributed by atoms with Gasteiger partial charge in [0.2, 0.25) is 0 Å². The van der Waals surface area contributed by atoms with Crippen LogP contribution in [0.25, 0.3) is 0 Å². The lowest BCUT2D eigenvalue weighted by Gasteiger charge is -2.35. The first-order chi connectivity index (χ1) is 10.5. The van der Waals surface area contributed by atoms with Crippen LogP contribution in [0.5, 0.6) is 0 Å². The van der Waals surface area contributed by atoms with E-state index in [0.29, 0.717) is 19.6 Å². The quantitative estimate of drug-likeness (QED) is 0.926. The molecule has 0 saturated carbocycles. The number of amides is 2. The normalized spacial score (nSPS) is 21.5. The molecule has 1 aliphatic heterocycles. The summed E-state index contributed by atoms with van der Waals surface area (Å²) in [5.41, 5.74) is 2.42. The second kappa shape index (κ2) is 7.49. The Labute approximate surface area is 133 Å². The van der Waals surface area contributed by atoms with Gasteiger partial charge < -0.3 is 19.9 Å². The van der Waals surface area contributed by atoms with Crippen molar-refractivity contribution in [3.05, 3.63) is 29.8 Å². The van der Waals surface area contributed by atoms with Gasteiger partial charge in [0.25, 0.3) is 0 Å². The summed E-state index contributed by atoms with van der Waals surface area (Å²) in [7, 11) is 4.05. The minimum atomic E-state index is 0.00640. The van der Waals surface area contributed by atoms with Crippen molar-refractivity contribution in [3.8, 4) is 0 Å². The minimum absolute atomic E-state index is 0.00640. The average Bonchev–Trinajstić information content (AvgIpc) is 2.46. The predicted octanol–water partition coefficient (Wildman–Crippen LogP) is 2.11. The van der Waals surface area contributed by atoms with Gasteiger partial charge in [0.05, 0.1) is 12.2 Å². The van der Waals surface area contributed by atoms with E-state index in [1.165, 1.54) is 11.3 Å². The molecule has 122 valence electrons. The number of nitrogens with zero attached hydrogens (tertiary/aromatic N) is 2. The molecule has 1 fully saturated rings. The monoisotopic (exact) mass is 305 g/mol. The van der Waals surface area contributed by atoms with E-state index in [4.69, 9.17) is 4.74 Å². The number of hydrogen-bond acceptors (Lipinski definition) is 3. The largest absolute Gasteiger partial charge is 0.378 e. The molecule has 5 heteroatoms. The van der Waals surface area contributed by atoms with Crippen LogP contribution < -0.4 is 10.2 Å². The molecular weight excluding hydrogens is 278 g/mol. The maximum atomic E-state index is 12.2. The zero-order valence-corrected chi connectivity index (χ0v) is 14.0. The minimum Gasteiger partial charge on any atom is -0.378 e. The zero-order valence-electron chi connectivity index (χ0n) is 14.0. The summed E-state index contributed by atoms with van der Waals surface area (Å²) in [4.78, 5) is 16.1. The highest BCUT2D eigenvalue weighted by Crippen LogP contribution is 2.13. The smallest absolute Gasteiger partial charge is 0.317 e. The molecule has 5 nitrogen and oxygen atoms in total. The SMILES string of the molecule is CC1CN(C(=O)NCCc2ccc(N(C)C)cc2)CC(C)O1. The lowest BCUT2D eigenvalue weighted by Crippen LogP contribution is -2.51. The molecule has 0 aliphatic carbocycles. The van der Waals surface area contributed by atoms with Gasteiger partial charge in [-0.2, -0.15) is 0 Å². The lowest BCUT2D eigenvalue weighted by atomic mass is 10.1.